The van der Waals surface area contributed by atoms with Crippen molar-refractivity contribution in [2.45, 2.75) is 20.8 Å². The summed E-state index contributed by atoms with van der Waals surface area (Å²) in [6, 6.07) is 12.9. The van der Waals surface area contributed by atoms with E-state index in [9.17, 15) is 4.79 Å². The van der Waals surface area contributed by atoms with Gasteiger partial charge in [-0.2, -0.15) is 0 Å². The maximum atomic E-state index is 12.3. The highest BCUT2D eigenvalue weighted by Gasteiger charge is 2.10. The van der Waals surface area contributed by atoms with Gasteiger partial charge in [0, 0.05) is 17.9 Å². The predicted octanol–water partition coefficient (Wildman–Crippen LogP) is 3.85. The molecule has 0 aliphatic carbocycles. The van der Waals surface area contributed by atoms with E-state index < -0.39 is 0 Å². The van der Waals surface area contributed by atoms with E-state index >= 15 is 0 Å². The highest BCUT2D eigenvalue weighted by molar-refractivity contribution is 7.80. The minimum atomic E-state index is -0.269. The molecular weight excluding hydrogens is 348 g/mol. The monoisotopic (exact) mass is 372 g/mol. The average Bonchev–Trinajstić information content (AvgIpc) is 2.62. The molecule has 0 aromatic heterocycles. The lowest BCUT2D eigenvalue weighted by molar-refractivity contribution is 0.0977. The van der Waals surface area contributed by atoms with Gasteiger partial charge in [-0.25, -0.2) is 0 Å². The molecule has 5 nitrogen and oxygen atoms in total. The second-order valence-electron chi connectivity index (χ2n) is 5.74. The summed E-state index contributed by atoms with van der Waals surface area (Å²) in [7, 11) is 0. The van der Waals surface area contributed by atoms with Crippen LogP contribution in [0.25, 0.3) is 0 Å². The average molecular weight is 372 g/mol. The summed E-state index contributed by atoms with van der Waals surface area (Å²) in [6.07, 6.45) is 0. The molecule has 2 aromatic carbocycles. The van der Waals surface area contributed by atoms with Crippen LogP contribution >= 0.6 is 12.2 Å². The molecule has 6 heteroatoms. The highest BCUT2D eigenvalue weighted by atomic mass is 32.1. The third-order valence-corrected chi connectivity index (χ3v) is 3.97. The van der Waals surface area contributed by atoms with Crippen LogP contribution < -0.4 is 15.4 Å². The smallest absolute Gasteiger partial charge is 0.257 e. The van der Waals surface area contributed by atoms with Crippen LogP contribution in [0.1, 0.15) is 28.4 Å². The fourth-order valence-electron chi connectivity index (χ4n) is 2.40. The van der Waals surface area contributed by atoms with E-state index in [-0.39, 0.29) is 11.0 Å². The Kier molecular flexibility index (Phi) is 7.56. The maximum absolute atomic E-state index is 12.3. The van der Waals surface area contributed by atoms with E-state index in [0.29, 0.717) is 31.1 Å². The van der Waals surface area contributed by atoms with Crippen LogP contribution in [0.3, 0.4) is 0 Å². The van der Waals surface area contributed by atoms with E-state index in [4.69, 9.17) is 21.7 Å². The van der Waals surface area contributed by atoms with Crippen molar-refractivity contribution in [3.8, 4) is 5.75 Å². The van der Waals surface area contributed by atoms with Gasteiger partial charge in [0.25, 0.3) is 5.91 Å². The van der Waals surface area contributed by atoms with Crippen LogP contribution in [-0.2, 0) is 4.74 Å². The van der Waals surface area contributed by atoms with Crippen molar-refractivity contribution in [3.05, 3.63) is 59.2 Å². The Hall–Kier alpha value is -2.44. The maximum Gasteiger partial charge on any atom is 0.257 e. The molecular formula is C20H24N2O3S. The summed E-state index contributed by atoms with van der Waals surface area (Å²) in [5.41, 5.74) is 3.55. The number of anilines is 1. The Morgan fingerprint density at radius 1 is 1.04 bits per heavy atom. The number of para-hydroxylation sites is 1. The molecule has 0 aliphatic heterocycles. The second kappa shape index (κ2) is 9.89. The molecule has 26 heavy (non-hydrogen) atoms. The van der Waals surface area contributed by atoms with Gasteiger partial charge in [-0.05, 0) is 68.4 Å². The highest BCUT2D eigenvalue weighted by Crippen LogP contribution is 2.19. The van der Waals surface area contributed by atoms with Gasteiger partial charge in [0.2, 0.25) is 0 Å². The second-order valence-corrected chi connectivity index (χ2v) is 6.15. The number of ether oxygens (including phenoxy) is 2. The molecule has 138 valence electrons. The molecule has 2 rings (SSSR count). The van der Waals surface area contributed by atoms with Crippen molar-refractivity contribution in [3.63, 3.8) is 0 Å². The first-order valence-electron chi connectivity index (χ1n) is 8.50. The van der Waals surface area contributed by atoms with Crippen LogP contribution in [0.15, 0.2) is 42.5 Å². The van der Waals surface area contributed by atoms with Gasteiger partial charge >= 0.3 is 0 Å². The van der Waals surface area contributed by atoms with Gasteiger partial charge in [-0.1, -0.05) is 18.2 Å². The molecule has 2 N–H and O–H groups in total. The van der Waals surface area contributed by atoms with Crippen molar-refractivity contribution in [1.29, 1.82) is 0 Å². The van der Waals surface area contributed by atoms with Gasteiger partial charge in [0.05, 0.1) is 6.61 Å². The quantitative estimate of drug-likeness (QED) is 0.571. The Bertz CT molecular complexity index is 740. The van der Waals surface area contributed by atoms with Crippen LogP contribution in [0, 0.1) is 13.8 Å². The molecule has 0 bridgehead atoms. The Balaban J connectivity index is 1.89. The van der Waals surface area contributed by atoms with Crippen LogP contribution in [-0.4, -0.2) is 30.8 Å². The summed E-state index contributed by atoms with van der Waals surface area (Å²) >= 11 is 5.26. The third-order valence-electron chi connectivity index (χ3n) is 3.76. The molecule has 0 spiro atoms. The van der Waals surface area contributed by atoms with E-state index in [1.54, 1.807) is 24.3 Å². The molecule has 0 fully saturated rings. The zero-order valence-corrected chi connectivity index (χ0v) is 16.1. The van der Waals surface area contributed by atoms with E-state index in [1.807, 2.05) is 39.0 Å². The zero-order valence-electron chi connectivity index (χ0n) is 15.3. The predicted molar refractivity (Wildman–Crippen MR) is 108 cm³/mol. The first-order chi connectivity index (χ1) is 12.5. The van der Waals surface area contributed by atoms with Crippen molar-refractivity contribution in [1.82, 2.24) is 5.32 Å². The molecule has 2 aromatic rings. The number of aryl methyl sites for hydroxylation is 2. The van der Waals surface area contributed by atoms with Crippen LogP contribution in [0.2, 0.25) is 0 Å². The summed E-state index contributed by atoms with van der Waals surface area (Å²) in [6.45, 7) is 7.60. The zero-order chi connectivity index (χ0) is 18.9. The topological polar surface area (TPSA) is 59.6 Å². The van der Waals surface area contributed by atoms with E-state index in [2.05, 4.69) is 10.6 Å². The van der Waals surface area contributed by atoms with Crippen molar-refractivity contribution >= 4 is 28.9 Å². The van der Waals surface area contributed by atoms with Gasteiger partial charge in [-0.3, -0.25) is 10.1 Å². The first kappa shape index (κ1) is 19.9. The van der Waals surface area contributed by atoms with Crippen LogP contribution in [0.5, 0.6) is 5.75 Å². The Labute approximate surface area is 159 Å². The number of amides is 1. The Morgan fingerprint density at radius 2 is 1.69 bits per heavy atom. The standard InChI is InChI=1S/C20H24N2O3S/c1-4-24-12-13-25-17-10-8-16(9-11-17)19(23)22-20(26)21-18-14(2)6-5-7-15(18)3/h5-11H,4,12-13H2,1-3H3,(H2,21,22,23,26). The molecule has 0 atom stereocenters. The van der Waals surface area contributed by atoms with Gasteiger partial charge in [-0.15, -0.1) is 0 Å². The SMILES string of the molecule is CCOCCOc1ccc(C(=O)NC(=S)Nc2c(C)cccc2C)cc1. The normalized spacial score (nSPS) is 10.3. The number of hydrogen-bond donors (Lipinski definition) is 2. The molecule has 0 heterocycles. The van der Waals surface area contributed by atoms with Gasteiger partial charge in [0.1, 0.15) is 12.4 Å². The Morgan fingerprint density at radius 3 is 2.31 bits per heavy atom. The summed E-state index contributed by atoms with van der Waals surface area (Å²) in [5, 5.41) is 6.06. The molecule has 0 saturated heterocycles. The summed E-state index contributed by atoms with van der Waals surface area (Å²) in [5.74, 6) is 0.423. The number of benzene rings is 2. The lowest BCUT2D eigenvalue weighted by atomic mass is 10.1. The fraction of sp³-hybridized carbons (Fsp3) is 0.300. The number of nitrogens with one attached hydrogen (secondary N) is 2. The lowest BCUT2D eigenvalue weighted by Crippen LogP contribution is -2.34. The number of carbonyl (C=O) groups is 1. The third kappa shape index (κ3) is 5.82. The minimum absolute atomic E-state index is 0.268. The largest absolute Gasteiger partial charge is 0.491 e. The van der Waals surface area contributed by atoms with Gasteiger partial charge < -0.3 is 14.8 Å². The minimum Gasteiger partial charge on any atom is -0.491 e. The number of carbonyl (C=O) groups excluding carboxylic acids is 1. The number of hydrogen-bond acceptors (Lipinski definition) is 4. The molecule has 1 amide bonds. The molecule has 0 radical (unpaired) electrons. The summed E-state index contributed by atoms with van der Waals surface area (Å²) < 4.78 is 10.8. The number of thiocarbonyl (C=S) groups is 1. The van der Waals surface area contributed by atoms with Crippen LogP contribution in [0.4, 0.5) is 5.69 Å². The molecule has 0 unspecified atom stereocenters. The summed E-state index contributed by atoms with van der Waals surface area (Å²) in [4.78, 5) is 12.3. The van der Waals surface area contributed by atoms with E-state index in [0.717, 1.165) is 16.8 Å². The fourth-order valence-corrected chi connectivity index (χ4v) is 2.59. The molecule has 0 aliphatic rings. The molecule has 0 saturated carbocycles. The first-order valence-corrected chi connectivity index (χ1v) is 8.91. The van der Waals surface area contributed by atoms with Gasteiger partial charge in [0.15, 0.2) is 5.11 Å². The van der Waals surface area contributed by atoms with Crippen molar-refractivity contribution < 1.29 is 14.3 Å². The van der Waals surface area contributed by atoms with Crippen molar-refractivity contribution in [2.24, 2.45) is 0 Å². The van der Waals surface area contributed by atoms with Crippen molar-refractivity contribution in [2.75, 3.05) is 25.1 Å². The lowest BCUT2D eigenvalue weighted by Gasteiger charge is -2.14. The van der Waals surface area contributed by atoms with E-state index in [1.165, 1.54) is 0 Å². The number of rotatable bonds is 7.